The summed E-state index contributed by atoms with van der Waals surface area (Å²) in [4.78, 5) is 53.1. The molecule has 0 spiro atoms. The van der Waals surface area contributed by atoms with Crippen LogP contribution in [0.5, 0.6) is 0 Å². The molecule has 1 saturated carbocycles. The van der Waals surface area contributed by atoms with Crippen LogP contribution in [0.2, 0.25) is 0 Å². The van der Waals surface area contributed by atoms with Crippen LogP contribution in [0.25, 0.3) is 0 Å². The number of fused-ring (bicyclic) bond motifs is 1. The van der Waals surface area contributed by atoms with E-state index in [0.717, 1.165) is 25.7 Å². The van der Waals surface area contributed by atoms with Crippen LogP contribution in [-0.2, 0) is 9.53 Å². The largest absolute Gasteiger partial charge is 0.385 e. The molecule has 1 saturated heterocycles. The highest BCUT2D eigenvalue weighted by molar-refractivity contribution is 6.22. The minimum Gasteiger partial charge on any atom is -0.385 e. The molecule has 3 aliphatic rings. The second kappa shape index (κ2) is 8.55. The molecule has 30 heavy (non-hydrogen) atoms. The van der Waals surface area contributed by atoms with E-state index in [9.17, 15) is 19.2 Å². The fourth-order valence-electron chi connectivity index (χ4n) is 4.10. The summed E-state index contributed by atoms with van der Waals surface area (Å²) in [6.07, 6.45) is 4.01. The summed E-state index contributed by atoms with van der Waals surface area (Å²) < 4.78 is 4.98. The number of nitrogens with zero attached hydrogens (tertiary/aromatic N) is 2. The van der Waals surface area contributed by atoms with Crippen LogP contribution in [0.4, 0.5) is 0 Å². The first kappa shape index (κ1) is 20.5. The lowest BCUT2D eigenvalue weighted by Gasteiger charge is -2.32. The number of nitrogens with one attached hydrogen (secondary N) is 1. The number of piperidine rings is 1. The number of hydrogen-bond acceptors (Lipinski definition) is 5. The zero-order valence-electron chi connectivity index (χ0n) is 17.2. The van der Waals surface area contributed by atoms with Crippen molar-refractivity contribution in [3.05, 3.63) is 34.9 Å². The molecule has 0 bridgehead atoms. The Kier molecular flexibility index (Phi) is 5.85. The predicted octanol–water partition coefficient (Wildman–Crippen LogP) is 1.45. The summed E-state index contributed by atoms with van der Waals surface area (Å²) in [5.41, 5.74) is 0.973. The SMILES string of the molecule is COCCCN1C(=O)c2ccc(C(=O)NC3CCN(C(=O)C4CC4)CC3)cc2C1=O. The first-order valence-electron chi connectivity index (χ1n) is 10.6. The maximum absolute atomic E-state index is 12.7. The first-order chi connectivity index (χ1) is 14.5. The Bertz CT molecular complexity index is 872. The van der Waals surface area contributed by atoms with Gasteiger partial charge in [-0.15, -0.1) is 0 Å². The van der Waals surface area contributed by atoms with Crippen molar-refractivity contribution in [1.82, 2.24) is 15.1 Å². The number of rotatable bonds is 7. The van der Waals surface area contributed by atoms with Gasteiger partial charge < -0.3 is 15.0 Å². The Balaban J connectivity index is 1.35. The molecule has 8 nitrogen and oxygen atoms in total. The van der Waals surface area contributed by atoms with E-state index < -0.39 is 0 Å². The maximum atomic E-state index is 12.7. The molecule has 2 fully saturated rings. The molecule has 0 unspecified atom stereocenters. The van der Waals surface area contributed by atoms with Gasteiger partial charge in [-0.2, -0.15) is 0 Å². The van der Waals surface area contributed by atoms with Crippen molar-refractivity contribution in [1.29, 1.82) is 0 Å². The molecule has 2 aliphatic heterocycles. The second-order valence-corrected chi connectivity index (χ2v) is 8.22. The molecule has 0 radical (unpaired) electrons. The van der Waals surface area contributed by atoms with Gasteiger partial charge in [0.05, 0.1) is 11.1 Å². The smallest absolute Gasteiger partial charge is 0.261 e. The minimum absolute atomic E-state index is 0.00289. The summed E-state index contributed by atoms with van der Waals surface area (Å²) in [6, 6.07) is 4.64. The molecule has 4 rings (SSSR count). The van der Waals surface area contributed by atoms with Gasteiger partial charge in [0, 0.05) is 50.9 Å². The second-order valence-electron chi connectivity index (χ2n) is 8.22. The Morgan fingerprint density at radius 1 is 1.07 bits per heavy atom. The molecular weight excluding hydrogens is 386 g/mol. The van der Waals surface area contributed by atoms with Crippen LogP contribution >= 0.6 is 0 Å². The van der Waals surface area contributed by atoms with E-state index in [1.54, 1.807) is 19.2 Å². The van der Waals surface area contributed by atoms with E-state index in [0.29, 0.717) is 43.8 Å². The summed E-state index contributed by atoms with van der Waals surface area (Å²) in [5, 5.41) is 3.01. The van der Waals surface area contributed by atoms with E-state index in [1.165, 1.54) is 11.0 Å². The van der Waals surface area contributed by atoms with Gasteiger partial charge in [-0.25, -0.2) is 0 Å². The number of carbonyl (C=O) groups excluding carboxylic acids is 4. The lowest BCUT2D eigenvalue weighted by atomic mass is 10.0. The van der Waals surface area contributed by atoms with Crippen LogP contribution < -0.4 is 5.32 Å². The van der Waals surface area contributed by atoms with Crippen molar-refractivity contribution in [3.63, 3.8) is 0 Å². The number of carbonyl (C=O) groups is 4. The third-order valence-corrected chi connectivity index (χ3v) is 6.03. The molecule has 2 heterocycles. The fourth-order valence-corrected chi connectivity index (χ4v) is 4.10. The number of likely N-dealkylation sites (tertiary alicyclic amines) is 1. The van der Waals surface area contributed by atoms with Crippen molar-refractivity contribution < 1.29 is 23.9 Å². The van der Waals surface area contributed by atoms with Crippen LogP contribution in [-0.4, -0.2) is 72.8 Å². The minimum atomic E-state index is -0.368. The molecule has 8 heteroatoms. The van der Waals surface area contributed by atoms with Gasteiger partial charge in [-0.05, 0) is 50.3 Å². The molecular formula is C22H27N3O5. The summed E-state index contributed by atoms with van der Waals surface area (Å²) in [6.45, 7) is 2.08. The summed E-state index contributed by atoms with van der Waals surface area (Å²) in [5.74, 6) is -0.491. The quantitative estimate of drug-likeness (QED) is 0.539. The highest BCUT2D eigenvalue weighted by Crippen LogP contribution is 2.32. The van der Waals surface area contributed by atoms with E-state index in [2.05, 4.69) is 5.32 Å². The fraction of sp³-hybridized carbons (Fsp3) is 0.545. The van der Waals surface area contributed by atoms with Crippen LogP contribution in [0.1, 0.15) is 63.2 Å². The topological polar surface area (TPSA) is 96.0 Å². The van der Waals surface area contributed by atoms with Gasteiger partial charge in [0.15, 0.2) is 0 Å². The van der Waals surface area contributed by atoms with Gasteiger partial charge in [0.25, 0.3) is 17.7 Å². The molecule has 1 N–H and O–H groups in total. The van der Waals surface area contributed by atoms with Gasteiger partial charge in [-0.1, -0.05) is 0 Å². The molecule has 4 amide bonds. The lowest BCUT2D eigenvalue weighted by molar-refractivity contribution is -0.133. The highest BCUT2D eigenvalue weighted by atomic mass is 16.5. The number of imide groups is 1. The van der Waals surface area contributed by atoms with E-state index in [1.807, 2.05) is 4.90 Å². The van der Waals surface area contributed by atoms with E-state index >= 15 is 0 Å². The molecule has 160 valence electrons. The van der Waals surface area contributed by atoms with Crippen LogP contribution in [0, 0.1) is 5.92 Å². The standard InChI is InChI=1S/C22H27N3O5/c1-30-12-2-9-25-21(28)17-6-5-15(13-18(17)22(25)29)19(26)23-16-7-10-24(11-8-16)20(27)14-3-4-14/h5-6,13-14,16H,2-4,7-12H2,1H3,(H,23,26). The van der Waals surface area contributed by atoms with Crippen molar-refractivity contribution in [2.45, 2.75) is 38.1 Å². The monoisotopic (exact) mass is 413 g/mol. The molecule has 1 aromatic rings. The molecule has 0 atom stereocenters. The summed E-state index contributed by atoms with van der Waals surface area (Å²) >= 11 is 0. The third kappa shape index (κ3) is 4.09. The number of benzene rings is 1. The first-order valence-corrected chi connectivity index (χ1v) is 10.6. The van der Waals surface area contributed by atoms with Crippen molar-refractivity contribution >= 4 is 23.6 Å². The maximum Gasteiger partial charge on any atom is 0.261 e. The molecule has 0 aromatic heterocycles. The Labute approximate surface area is 175 Å². The van der Waals surface area contributed by atoms with Gasteiger partial charge in [0.1, 0.15) is 0 Å². The zero-order valence-corrected chi connectivity index (χ0v) is 17.2. The van der Waals surface area contributed by atoms with E-state index in [4.69, 9.17) is 4.74 Å². The van der Waals surface area contributed by atoms with Crippen molar-refractivity contribution in [3.8, 4) is 0 Å². The van der Waals surface area contributed by atoms with Crippen molar-refractivity contribution in [2.75, 3.05) is 33.4 Å². The average molecular weight is 413 g/mol. The Morgan fingerprint density at radius 3 is 2.43 bits per heavy atom. The van der Waals surface area contributed by atoms with Gasteiger partial charge in [0.2, 0.25) is 5.91 Å². The average Bonchev–Trinajstić information content (AvgIpc) is 3.58. The van der Waals surface area contributed by atoms with E-state index in [-0.39, 0.29) is 41.2 Å². The Morgan fingerprint density at radius 2 is 1.77 bits per heavy atom. The predicted molar refractivity (Wildman–Crippen MR) is 108 cm³/mol. The van der Waals surface area contributed by atoms with Gasteiger partial charge in [-0.3, -0.25) is 24.1 Å². The number of amides is 4. The number of ether oxygens (including phenoxy) is 1. The van der Waals surface area contributed by atoms with Gasteiger partial charge >= 0.3 is 0 Å². The van der Waals surface area contributed by atoms with Crippen molar-refractivity contribution in [2.24, 2.45) is 5.92 Å². The molecule has 1 aromatic carbocycles. The zero-order chi connectivity index (χ0) is 21.3. The normalized spacial score (nSPS) is 19.2. The summed E-state index contributed by atoms with van der Waals surface area (Å²) in [7, 11) is 1.57. The molecule has 1 aliphatic carbocycles. The highest BCUT2D eigenvalue weighted by Gasteiger charge is 2.37. The lowest BCUT2D eigenvalue weighted by Crippen LogP contribution is -2.47. The number of methoxy groups -OCH3 is 1. The third-order valence-electron chi connectivity index (χ3n) is 6.03. The number of hydrogen-bond donors (Lipinski definition) is 1. The Hall–Kier alpha value is -2.74. The van der Waals surface area contributed by atoms with Crippen LogP contribution in [0.15, 0.2) is 18.2 Å². The van der Waals surface area contributed by atoms with Crippen LogP contribution in [0.3, 0.4) is 0 Å².